The highest BCUT2D eigenvalue weighted by Gasteiger charge is 2.08. The fourth-order valence-corrected chi connectivity index (χ4v) is 1.75. The van der Waals surface area contributed by atoms with Gasteiger partial charge < -0.3 is 4.40 Å². The number of aromatic nitrogens is 1. The minimum Gasteiger partial charge on any atom is -0.324 e. The Balaban J connectivity index is 2.67. The molecule has 0 radical (unpaired) electrons. The van der Waals surface area contributed by atoms with Crippen LogP contribution in [-0.4, -0.2) is 10.2 Å². The second-order valence-corrected chi connectivity index (χ2v) is 3.43. The molecule has 2 aromatic heterocycles. The maximum atomic E-state index is 11.6. The molecule has 0 aromatic carbocycles. The summed E-state index contributed by atoms with van der Waals surface area (Å²) in [6.07, 6.45) is 4.49. The summed E-state index contributed by atoms with van der Waals surface area (Å²) in [6.45, 7) is 3.89. The predicted molar refractivity (Wildman–Crippen MR) is 56.8 cm³/mol. The number of hydrogen-bond donors (Lipinski definition) is 0. The largest absolute Gasteiger partial charge is 0.324 e. The highest BCUT2D eigenvalue weighted by atomic mass is 16.1. The van der Waals surface area contributed by atoms with Crippen LogP contribution in [0, 0.1) is 6.92 Å². The normalized spacial score (nSPS) is 10.7. The fraction of sp³-hybridized carbons (Fsp3) is 0.250. The van der Waals surface area contributed by atoms with E-state index < -0.39 is 0 Å². The second-order valence-electron chi connectivity index (χ2n) is 3.43. The van der Waals surface area contributed by atoms with Crippen LogP contribution in [0.4, 0.5) is 0 Å². The number of carbonyl (C=O) groups excluding carboxylic acids is 1. The number of pyridine rings is 1. The van der Waals surface area contributed by atoms with Gasteiger partial charge >= 0.3 is 0 Å². The van der Waals surface area contributed by atoms with E-state index in [9.17, 15) is 4.79 Å². The first-order valence-electron chi connectivity index (χ1n) is 4.83. The molecule has 72 valence electrons. The van der Waals surface area contributed by atoms with E-state index >= 15 is 0 Å². The molecule has 2 heteroatoms. The number of ketones is 1. The Morgan fingerprint density at radius 2 is 2.14 bits per heavy atom. The highest BCUT2D eigenvalue weighted by Crippen LogP contribution is 2.17. The maximum absolute atomic E-state index is 11.6. The van der Waals surface area contributed by atoms with Crippen molar-refractivity contribution in [1.29, 1.82) is 0 Å². The van der Waals surface area contributed by atoms with Crippen LogP contribution in [0.2, 0.25) is 0 Å². The summed E-state index contributed by atoms with van der Waals surface area (Å²) < 4.78 is 2.03. The monoisotopic (exact) mass is 187 g/mol. The van der Waals surface area contributed by atoms with Gasteiger partial charge in [0.05, 0.1) is 0 Å². The molecule has 0 aliphatic carbocycles. The molecular weight excluding hydrogens is 174 g/mol. The third-order valence-corrected chi connectivity index (χ3v) is 2.59. The van der Waals surface area contributed by atoms with Crippen molar-refractivity contribution in [1.82, 2.24) is 4.40 Å². The zero-order chi connectivity index (χ0) is 10.1. The van der Waals surface area contributed by atoms with E-state index in [0.717, 1.165) is 16.6 Å². The Morgan fingerprint density at radius 3 is 2.86 bits per heavy atom. The predicted octanol–water partition coefficient (Wildman–Crippen LogP) is 2.84. The lowest BCUT2D eigenvalue weighted by molar-refractivity contribution is 0.0987. The Labute approximate surface area is 83.2 Å². The average Bonchev–Trinajstić information content (AvgIpc) is 2.66. The molecule has 0 bridgehead atoms. The first kappa shape index (κ1) is 9.00. The van der Waals surface area contributed by atoms with Crippen molar-refractivity contribution < 1.29 is 4.79 Å². The molecule has 0 saturated carbocycles. The van der Waals surface area contributed by atoms with E-state index in [1.54, 1.807) is 0 Å². The summed E-state index contributed by atoms with van der Waals surface area (Å²) in [5, 5.41) is 0. The van der Waals surface area contributed by atoms with Crippen LogP contribution < -0.4 is 0 Å². The second kappa shape index (κ2) is 3.29. The summed E-state index contributed by atoms with van der Waals surface area (Å²) in [6, 6.07) is 5.92. The molecular formula is C12H13NO. The van der Waals surface area contributed by atoms with E-state index in [-0.39, 0.29) is 5.78 Å². The van der Waals surface area contributed by atoms with Crippen molar-refractivity contribution in [3.05, 3.63) is 41.7 Å². The van der Waals surface area contributed by atoms with Crippen molar-refractivity contribution in [3.63, 3.8) is 0 Å². The molecule has 2 aromatic rings. The summed E-state index contributed by atoms with van der Waals surface area (Å²) in [5.74, 6) is 0.214. The molecule has 2 nitrogen and oxygen atoms in total. The van der Waals surface area contributed by atoms with Gasteiger partial charge in [0.15, 0.2) is 5.78 Å². The van der Waals surface area contributed by atoms with Gasteiger partial charge in [-0.3, -0.25) is 4.79 Å². The van der Waals surface area contributed by atoms with Gasteiger partial charge in [0.1, 0.15) is 0 Å². The molecule has 0 saturated heterocycles. The molecule has 0 spiro atoms. The number of aryl methyl sites for hydroxylation is 1. The van der Waals surface area contributed by atoms with Crippen molar-refractivity contribution in [2.75, 3.05) is 0 Å². The van der Waals surface area contributed by atoms with Crippen LogP contribution in [-0.2, 0) is 0 Å². The first-order valence-corrected chi connectivity index (χ1v) is 4.83. The van der Waals surface area contributed by atoms with Gasteiger partial charge in [-0.25, -0.2) is 0 Å². The van der Waals surface area contributed by atoms with Crippen LogP contribution in [0.1, 0.15) is 29.3 Å². The number of hydrogen-bond acceptors (Lipinski definition) is 1. The van der Waals surface area contributed by atoms with E-state index in [2.05, 4.69) is 0 Å². The Bertz CT molecular complexity index is 482. The zero-order valence-corrected chi connectivity index (χ0v) is 8.45. The van der Waals surface area contributed by atoms with Gasteiger partial charge in [0.2, 0.25) is 0 Å². The molecule has 0 fully saturated rings. The average molecular weight is 187 g/mol. The van der Waals surface area contributed by atoms with Crippen molar-refractivity contribution in [2.45, 2.75) is 20.3 Å². The van der Waals surface area contributed by atoms with Gasteiger partial charge in [-0.15, -0.1) is 0 Å². The van der Waals surface area contributed by atoms with Crippen molar-refractivity contribution in [2.24, 2.45) is 0 Å². The third kappa shape index (κ3) is 1.23. The maximum Gasteiger partial charge on any atom is 0.162 e. The summed E-state index contributed by atoms with van der Waals surface area (Å²) in [5.41, 5.74) is 3.03. The molecule has 0 aliphatic heterocycles. The Hall–Kier alpha value is -1.57. The lowest BCUT2D eigenvalue weighted by Gasteiger charge is -2.05. The number of nitrogens with zero attached hydrogens (tertiary/aromatic N) is 1. The van der Waals surface area contributed by atoms with Crippen LogP contribution in [0.3, 0.4) is 0 Å². The molecule has 14 heavy (non-hydrogen) atoms. The summed E-state index contributed by atoms with van der Waals surface area (Å²) in [4.78, 5) is 11.6. The molecule has 0 unspecified atom stereocenters. The van der Waals surface area contributed by atoms with Gasteiger partial charge in [-0.1, -0.05) is 6.92 Å². The van der Waals surface area contributed by atoms with Crippen LogP contribution >= 0.6 is 0 Å². The summed E-state index contributed by atoms with van der Waals surface area (Å²) >= 11 is 0. The Morgan fingerprint density at radius 1 is 1.36 bits per heavy atom. The highest BCUT2D eigenvalue weighted by molar-refractivity contribution is 5.98. The molecule has 0 amide bonds. The molecule has 0 aliphatic rings. The minimum absolute atomic E-state index is 0.214. The standard InChI is InChI=1S/C12H13NO/c1-3-12(14)10-6-8-13-7-4-5-11(13)9(10)2/h4-8H,3H2,1-2H3. The number of Topliss-reactive ketones (excluding diaryl/α,β-unsaturated/α-hetero) is 1. The van der Waals surface area contributed by atoms with Crippen molar-refractivity contribution in [3.8, 4) is 0 Å². The van der Waals surface area contributed by atoms with Crippen LogP contribution in [0.25, 0.3) is 5.52 Å². The van der Waals surface area contributed by atoms with Gasteiger partial charge in [0, 0.05) is 29.9 Å². The number of rotatable bonds is 2. The quantitative estimate of drug-likeness (QED) is 0.662. The van der Waals surface area contributed by atoms with Gasteiger partial charge in [-0.2, -0.15) is 0 Å². The van der Waals surface area contributed by atoms with Crippen LogP contribution in [0.5, 0.6) is 0 Å². The van der Waals surface area contributed by atoms with E-state index in [0.29, 0.717) is 6.42 Å². The lowest BCUT2D eigenvalue weighted by Crippen LogP contribution is -2.01. The minimum atomic E-state index is 0.214. The zero-order valence-electron chi connectivity index (χ0n) is 8.45. The number of fused-ring (bicyclic) bond motifs is 1. The molecule has 0 N–H and O–H groups in total. The first-order chi connectivity index (χ1) is 6.74. The molecule has 2 heterocycles. The van der Waals surface area contributed by atoms with Crippen molar-refractivity contribution >= 4 is 11.3 Å². The smallest absolute Gasteiger partial charge is 0.162 e. The fourth-order valence-electron chi connectivity index (χ4n) is 1.75. The van der Waals surface area contributed by atoms with E-state index in [1.807, 2.05) is 48.8 Å². The topological polar surface area (TPSA) is 21.5 Å². The van der Waals surface area contributed by atoms with Gasteiger partial charge in [-0.05, 0) is 30.7 Å². The Kier molecular flexibility index (Phi) is 2.12. The van der Waals surface area contributed by atoms with Crippen LogP contribution in [0.15, 0.2) is 30.6 Å². The summed E-state index contributed by atoms with van der Waals surface area (Å²) in [7, 11) is 0. The van der Waals surface area contributed by atoms with E-state index in [1.165, 1.54) is 0 Å². The van der Waals surface area contributed by atoms with Gasteiger partial charge in [0.25, 0.3) is 0 Å². The number of carbonyl (C=O) groups is 1. The SMILES string of the molecule is CCC(=O)c1ccn2cccc2c1C. The lowest BCUT2D eigenvalue weighted by atomic mass is 10.0. The molecule has 2 rings (SSSR count). The molecule has 0 atom stereocenters. The van der Waals surface area contributed by atoms with E-state index in [4.69, 9.17) is 0 Å². The third-order valence-electron chi connectivity index (χ3n) is 2.59.